The summed E-state index contributed by atoms with van der Waals surface area (Å²) in [7, 11) is 2.17. The lowest BCUT2D eigenvalue weighted by atomic mass is 9.88. The molecule has 1 aromatic heterocycles. The number of nitrogens with zero attached hydrogens (tertiary/aromatic N) is 4. The molecule has 6 rings (SSSR count). The monoisotopic (exact) mass is 448 g/mol. The van der Waals surface area contributed by atoms with Gasteiger partial charge in [0.25, 0.3) is 5.91 Å². The van der Waals surface area contributed by atoms with Crippen molar-refractivity contribution < 1.29 is 4.79 Å². The van der Waals surface area contributed by atoms with Crippen molar-refractivity contribution in [3.05, 3.63) is 102 Å². The molecular formula is C29H28N4O. The summed E-state index contributed by atoms with van der Waals surface area (Å²) in [5.74, 6) is 0.366. The predicted molar refractivity (Wildman–Crippen MR) is 136 cm³/mol. The fourth-order valence-electron chi connectivity index (χ4n) is 5.53. The van der Waals surface area contributed by atoms with Crippen molar-refractivity contribution in [3.63, 3.8) is 0 Å². The third-order valence-corrected chi connectivity index (χ3v) is 7.18. The van der Waals surface area contributed by atoms with Crippen LogP contribution < -0.4 is 4.90 Å². The molecule has 3 heterocycles. The van der Waals surface area contributed by atoms with E-state index in [4.69, 9.17) is 5.10 Å². The van der Waals surface area contributed by atoms with Crippen LogP contribution in [-0.2, 0) is 0 Å². The lowest BCUT2D eigenvalue weighted by Gasteiger charge is -2.36. The largest absolute Gasteiger partial charge is 0.306 e. The number of anilines is 1. The van der Waals surface area contributed by atoms with Crippen molar-refractivity contribution in [2.45, 2.75) is 25.3 Å². The Bertz CT molecular complexity index is 1350. The number of carbonyl (C=O) groups excluding carboxylic acids is 1. The van der Waals surface area contributed by atoms with Crippen molar-refractivity contribution in [1.29, 1.82) is 0 Å². The number of hydrogen-bond donors (Lipinski definition) is 0. The summed E-state index contributed by atoms with van der Waals surface area (Å²) < 4.78 is 1.83. The van der Waals surface area contributed by atoms with Crippen LogP contribution in [0, 0.1) is 6.92 Å². The number of benzene rings is 3. The van der Waals surface area contributed by atoms with Gasteiger partial charge >= 0.3 is 0 Å². The second-order valence-corrected chi connectivity index (χ2v) is 9.50. The number of piperidine rings is 1. The molecule has 5 heteroatoms. The van der Waals surface area contributed by atoms with Crippen molar-refractivity contribution in [2.75, 3.05) is 25.0 Å². The third kappa shape index (κ3) is 3.44. The number of likely N-dealkylation sites (N-methyl/N-ethyl adjacent to an activating group) is 1. The van der Waals surface area contributed by atoms with E-state index < -0.39 is 0 Å². The van der Waals surface area contributed by atoms with E-state index in [1.807, 2.05) is 71.5 Å². The lowest BCUT2D eigenvalue weighted by molar-refractivity contribution is 0.0965. The topological polar surface area (TPSA) is 41.4 Å². The van der Waals surface area contributed by atoms with Crippen molar-refractivity contribution >= 4 is 11.6 Å². The first-order valence-electron chi connectivity index (χ1n) is 11.9. The minimum Gasteiger partial charge on any atom is -0.306 e. The molecule has 0 saturated carbocycles. The molecule has 4 aromatic rings. The van der Waals surface area contributed by atoms with Crippen LogP contribution >= 0.6 is 0 Å². The van der Waals surface area contributed by atoms with Crippen LogP contribution in [0.3, 0.4) is 0 Å². The van der Waals surface area contributed by atoms with E-state index in [2.05, 4.69) is 42.0 Å². The van der Waals surface area contributed by atoms with Crippen LogP contribution in [0.25, 0.3) is 16.9 Å². The Balaban J connectivity index is 1.48. The zero-order chi connectivity index (χ0) is 23.2. The molecule has 2 aliphatic heterocycles. The molecular weight excluding hydrogens is 420 g/mol. The summed E-state index contributed by atoms with van der Waals surface area (Å²) in [5.41, 5.74) is 6.83. The van der Waals surface area contributed by atoms with Crippen LogP contribution in [0.15, 0.2) is 85.1 Å². The van der Waals surface area contributed by atoms with Crippen LogP contribution in [-0.4, -0.2) is 46.8 Å². The highest BCUT2D eigenvalue weighted by atomic mass is 16.2. The van der Waals surface area contributed by atoms with Gasteiger partial charge in [-0.05, 0) is 50.7 Å². The molecule has 2 atom stereocenters. The number of hydrogen-bond acceptors (Lipinski definition) is 3. The highest BCUT2D eigenvalue weighted by molar-refractivity contribution is 6.11. The quantitative estimate of drug-likeness (QED) is 0.427. The number of aryl methyl sites for hydroxylation is 1. The van der Waals surface area contributed by atoms with E-state index >= 15 is 0 Å². The highest BCUT2D eigenvalue weighted by Gasteiger charge is 2.44. The Morgan fingerprint density at radius 3 is 2.47 bits per heavy atom. The molecule has 1 amide bonds. The summed E-state index contributed by atoms with van der Waals surface area (Å²) in [6.07, 6.45) is 2.87. The maximum absolute atomic E-state index is 14.3. The number of amides is 1. The molecule has 0 spiro atoms. The maximum Gasteiger partial charge on any atom is 0.262 e. The van der Waals surface area contributed by atoms with Gasteiger partial charge in [0.1, 0.15) is 5.69 Å². The van der Waals surface area contributed by atoms with Crippen LogP contribution in [0.5, 0.6) is 0 Å². The molecule has 3 aromatic carbocycles. The van der Waals surface area contributed by atoms with Gasteiger partial charge in [-0.15, -0.1) is 0 Å². The molecule has 1 fully saturated rings. The normalized spacial score (nSPS) is 19.6. The Morgan fingerprint density at radius 2 is 1.71 bits per heavy atom. The Hall–Kier alpha value is -3.70. The van der Waals surface area contributed by atoms with Gasteiger partial charge in [-0.25, -0.2) is 4.68 Å². The van der Waals surface area contributed by atoms with E-state index in [0.717, 1.165) is 42.1 Å². The zero-order valence-electron chi connectivity index (χ0n) is 19.6. The van der Waals surface area contributed by atoms with Gasteiger partial charge in [-0.2, -0.15) is 5.10 Å². The van der Waals surface area contributed by atoms with Crippen LogP contribution in [0.4, 0.5) is 5.69 Å². The van der Waals surface area contributed by atoms with Crippen molar-refractivity contribution in [1.82, 2.24) is 14.7 Å². The number of likely N-dealkylation sites (tertiary alicyclic amines) is 1. The molecule has 170 valence electrons. The standard InChI is InChI=1S/C29H28N4O/c1-20-13-14-26-23(17-20)24-18-31(2)16-15-27(24)33(26)29(34)25-19-32(22-11-7-4-8-12-22)30-28(25)21-9-5-3-6-10-21/h3-14,17,19,24,27H,15-16,18H2,1-2H3/t24-,27-/m1/s1. The van der Waals surface area contributed by atoms with Crippen LogP contribution in [0.1, 0.15) is 33.8 Å². The number of aromatic nitrogens is 2. The average Bonchev–Trinajstić information content (AvgIpc) is 3.45. The number of rotatable bonds is 3. The van der Waals surface area contributed by atoms with Gasteiger partial charge in [-0.1, -0.05) is 66.2 Å². The summed E-state index contributed by atoms with van der Waals surface area (Å²) in [5, 5.41) is 4.89. The fraction of sp³-hybridized carbons (Fsp3) is 0.241. The van der Waals surface area contributed by atoms with E-state index in [-0.39, 0.29) is 11.9 Å². The molecule has 0 radical (unpaired) electrons. The zero-order valence-corrected chi connectivity index (χ0v) is 19.6. The van der Waals surface area contributed by atoms with E-state index in [9.17, 15) is 4.79 Å². The van der Waals surface area contributed by atoms with E-state index in [0.29, 0.717) is 11.5 Å². The van der Waals surface area contributed by atoms with Gasteiger partial charge < -0.3 is 9.80 Å². The predicted octanol–water partition coefficient (Wildman–Crippen LogP) is 5.30. The summed E-state index contributed by atoms with van der Waals surface area (Å²) in [4.78, 5) is 18.8. The number of carbonyl (C=O) groups is 1. The molecule has 34 heavy (non-hydrogen) atoms. The summed E-state index contributed by atoms with van der Waals surface area (Å²) in [6.45, 7) is 4.09. The Kier molecular flexibility index (Phi) is 5.07. The number of para-hydroxylation sites is 1. The van der Waals surface area contributed by atoms with E-state index in [1.165, 1.54) is 11.1 Å². The van der Waals surface area contributed by atoms with Crippen molar-refractivity contribution in [3.8, 4) is 16.9 Å². The molecule has 2 aliphatic rings. The van der Waals surface area contributed by atoms with Gasteiger partial charge in [0.05, 0.1) is 11.3 Å². The second kappa shape index (κ2) is 8.26. The first kappa shape index (κ1) is 20.9. The SMILES string of the molecule is Cc1ccc2c(c1)[C@H]1CN(C)CC[C@H]1N2C(=O)c1cn(-c2ccccc2)nc1-c1ccccc1. The molecule has 0 N–H and O–H groups in total. The third-order valence-electron chi connectivity index (χ3n) is 7.18. The fourth-order valence-corrected chi connectivity index (χ4v) is 5.53. The average molecular weight is 449 g/mol. The van der Waals surface area contributed by atoms with Gasteiger partial charge in [0.2, 0.25) is 0 Å². The minimum atomic E-state index is 0.0307. The summed E-state index contributed by atoms with van der Waals surface area (Å²) in [6, 6.07) is 26.7. The van der Waals surface area contributed by atoms with Crippen LogP contribution in [0.2, 0.25) is 0 Å². The van der Waals surface area contributed by atoms with Gasteiger partial charge in [0.15, 0.2) is 0 Å². The Morgan fingerprint density at radius 1 is 0.971 bits per heavy atom. The first-order valence-corrected chi connectivity index (χ1v) is 11.9. The lowest BCUT2D eigenvalue weighted by Crippen LogP contribution is -2.47. The smallest absolute Gasteiger partial charge is 0.262 e. The molecule has 0 unspecified atom stereocenters. The second-order valence-electron chi connectivity index (χ2n) is 9.50. The number of fused-ring (bicyclic) bond motifs is 3. The van der Waals surface area contributed by atoms with Crippen molar-refractivity contribution in [2.24, 2.45) is 0 Å². The maximum atomic E-state index is 14.3. The molecule has 0 bridgehead atoms. The summed E-state index contributed by atoms with van der Waals surface area (Å²) >= 11 is 0. The first-order chi connectivity index (χ1) is 16.6. The van der Waals surface area contributed by atoms with Gasteiger partial charge in [0, 0.05) is 36.0 Å². The Labute approximate surface area is 200 Å². The highest BCUT2D eigenvalue weighted by Crippen LogP contribution is 2.46. The van der Waals surface area contributed by atoms with Gasteiger partial charge in [-0.3, -0.25) is 4.79 Å². The minimum absolute atomic E-state index is 0.0307. The molecule has 5 nitrogen and oxygen atoms in total. The molecule has 1 saturated heterocycles. The molecule has 0 aliphatic carbocycles. The van der Waals surface area contributed by atoms with E-state index in [1.54, 1.807) is 0 Å².